The van der Waals surface area contributed by atoms with Gasteiger partial charge in [0.1, 0.15) is 5.75 Å². The zero-order chi connectivity index (χ0) is 19.5. The predicted molar refractivity (Wildman–Crippen MR) is 109 cm³/mol. The van der Waals surface area contributed by atoms with Gasteiger partial charge in [0.2, 0.25) is 0 Å². The van der Waals surface area contributed by atoms with E-state index in [0.29, 0.717) is 10.7 Å². The molecule has 0 bridgehead atoms. The summed E-state index contributed by atoms with van der Waals surface area (Å²) in [5.41, 5.74) is 2.75. The molecule has 3 aromatic carbocycles. The maximum atomic E-state index is 12.7. The number of rotatable bonds is 5. The molecule has 29 heavy (non-hydrogen) atoms. The van der Waals surface area contributed by atoms with Crippen LogP contribution in [-0.2, 0) is 0 Å². The highest BCUT2D eigenvalue weighted by Crippen LogP contribution is 2.26. The van der Waals surface area contributed by atoms with Gasteiger partial charge in [0.25, 0.3) is 5.91 Å². The molecule has 0 saturated heterocycles. The zero-order valence-corrected chi connectivity index (χ0v) is 20.3. The molecule has 1 heterocycles. The molecule has 4 aromatic rings. The number of nitrogens with zero attached hydrogens (tertiary/aromatic N) is 1. The molecule has 0 fully saturated rings. The molecule has 0 aliphatic rings. The van der Waals surface area contributed by atoms with Crippen LogP contribution in [0.4, 0.5) is 5.13 Å². The minimum Gasteiger partial charge on any atom is -1.00 e. The monoisotopic (exact) mass is 580 g/mol. The van der Waals surface area contributed by atoms with Crippen molar-refractivity contribution in [1.82, 2.24) is 4.98 Å². The lowest BCUT2D eigenvalue weighted by Crippen LogP contribution is -3.61. The predicted octanol–water partition coefficient (Wildman–Crippen LogP) is -1.00. The van der Waals surface area contributed by atoms with E-state index in [0.717, 1.165) is 16.0 Å². The summed E-state index contributed by atoms with van der Waals surface area (Å²) in [7, 11) is 1.67. The molecule has 0 atom stereocenters. The van der Waals surface area contributed by atoms with Crippen molar-refractivity contribution in [2.24, 2.45) is 0 Å². The highest BCUT2D eigenvalue weighted by Gasteiger charge is 2.18. The van der Waals surface area contributed by atoms with Gasteiger partial charge in [-0.25, -0.2) is 4.98 Å². The van der Waals surface area contributed by atoms with Gasteiger partial charge in [0, 0.05) is 11.6 Å². The number of anilines is 1. The number of amides is 1. The summed E-state index contributed by atoms with van der Waals surface area (Å²) < 4.78 is 8.76. The number of carbonyl (C=O) groups is 1. The van der Waals surface area contributed by atoms with Crippen LogP contribution in [0.1, 0.15) is 15.9 Å². The smallest absolute Gasteiger partial charge is 0.357 e. The number of methoxy groups -OCH3 is 1. The summed E-state index contributed by atoms with van der Waals surface area (Å²) in [6.45, 7) is 2.05. The van der Waals surface area contributed by atoms with Crippen molar-refractivity contribution < 1.29 is 47.7 Å². The molecule has 0 unspecified atom stereocenters. The first kappa shape index (κ1) is 21.7. The van der Waals surface area contributed by atoms with Gasteiger partial charge in [0.05, 0.1) is 17.3 Å². The average molecular weight is 581 g/mol. The van der Waals surface area contributed by atoms with E-state index in [1.54, 1.807) is 7.11 Å². The normalized spacial score (nSPS) is 10.4. The number of benzene rings is 3. The molecule has 148 valence electrons. The number of carbonyl (C=O) groups excluding carboxylic acids is 1. The number of hydrogen-bond donors (Lipinski definition) is 1. The van der Waals surface area contributed by atoms with Crippen LogP contribution in [-0.4, -0.2) is 18.0 Å². The van der Waals surface area contributed by atoms with Crippen LogP contribution in [0.3, 0.4) is 0 Å². The molecule has 4 rings (SSSR count). The fourth-order valence-corrected chi connectivity index (χ4v) is 5.98. The minimum absolute atomic E-state index is 0. The van der Waals surface area contributed by atoms with Crippen LogP contribution in [0.25, 0.3) is 10.2 Å². The molecule has 7 heteroatoms. The second-order valence-corrected chi connectivity index (χ2v) is 10.3. The highest BCUT2D eigenvalue weighted by molar-refractivity contribution is 7.22. The summed E-state index contributed by atoms with van der Waals surface area (Å²) in [6.07, 6.45) is 0. The lowest BCUT2D eigenvalue weighted by atomic mass is 10.2. The van der Waals surface area contributed by atoms with Crippen molar-refractivity contribution in [2.75, 3.05) is 12.4 Å². The van der Waals surface area contributed by atoms with Gasteiger partial charge in [0.15, 0.2) is 12.3 Å². The quantitative estimate of drug-likeness (QED) is 0.308. The first-order valence-electron chi connectivity index (χ1n) is 8.68. The fourth-order valence-electron chi connectivity index (χ4n) is 2.70. The third kappa shape index (κ3) is 5.34. The Morgan fingerprint density at radius 3 is 2.59 bits per heavy atom. The lowest BCUT2D eigenvalue weighted by Gasteiger charge is -2.01. The van der Waals surface area contributed by atoms with Crippen LogP contribution in [0.5, 0.6) is 5.75 Å². The number of fused-ring (bicyclic) bond motifs is 1. The number of aromatic nitrogens is 1. The topological polar surface area (TPSA) is 51.2 Å². The van der Waals surface area contributed by atoms with Crippen LogP contribution in [0.15, 0.2) is 66.7 Å². The molecule has 0 saturated carbocycles. The summed E-state index contributed by atoms with van der Waals surface area (Å²) in [5.74, 6) is 0.725. The van der Waals surface area contributed by atoms with Crippen LogP contribution in [0, 0.1) is 14.1 Å². The molecule has 0 aliphatic carbocycles. The van der Waals surface area contributed by atoms with Gasteiger partial charge in [-0.3, -0.25) is 10.1 Å². The summed E-state index contributed by atoms with van der Waals surface area (Å²) in [5, 5.41) is 3.56. The van der Waals surface area contributed by atoms with E-state index in [1.807, 2.05) is 42.5 Å². The van der Waals surface area contributed by atoms with Gasteiger partial charge in [-0.05, 0) is 61.0 Å². The highest BCUT2D eigenvalue weighted by atomic mass is 127. The number of aryl methyl sites for hydroxylation is 1. The summed E-state index contributed by atoms with van der Waals surface area (Å²) in [4.78, 5) is 17.2. The molecule has 0 aliphatic heterocycles. The first-order chi connectivity index (χ1) is 13.6. The number of thiazole rings is 1. The van der Waals surface area contributed by atoms with Gasteiger partial charge < -0.3 is 21.7 Å². The molecule has 1 aromatic heterocycles. The standard InChI is InChI=1S/C22H17IN2O2S.BrH/c1-14-6-11-19-20(12-14)28-22(24-19)25-21(26)15-4-3-5-17(13-15)23-16-7-9-18(27-2)10-8-16;/h3-13H,1-2H3;1H. The SMILES string of the molecule is COc1ccc([I+]c2cccc(C(=O)Nc3nc4ccc(C)cc4s3)c2)cc1.[Br-]. The Hall–Kier alpha value is -1.97. The van der Waals surface area contributed by atoms with Crippen LogP contribution < -0.4 is 48.2 Å². The molecule has 1 amide bonds. The molecule has 0 spiro atoms. The van der Waals surface area contributed by atoms with Gasteiger partial charge in [-0.15, -0.1) is 0 Å². The Bertz CT molecular complexity index is 1150. The Morgan fingerprint density at radius 1 is 1.03 bits per heavy atom. The van der Waals surface area contributed by atoms with Crippen LogP contribution in [0.2, 0.25) is 0 Å². The molecular formula is C22H18BrIN2O2S. The molecule has 1 N–H and O–H groups in total. The van der Waals surface area contributed by atoms with Crippen molar-refractivity contribution in [3.63, 3.8) is 0 Å². The van der Waals surface area contributed by atoms with Gasteiger partial charge >= 0.3 is 21.2 Å². The number of hydrogen-bond acceptors (Lipinski definition) is 4. The van der Waals surface area contributed by atoms with Crippen molar-refractivity contribution in [1.29, 1.82) is 0 Å². The minimum atomic E-state index is -0.361. The summed E-state index contributed by atoms with van der Waals surface area (Å²) in [6, 6.07) is 22.0. The average Bonchev–Trinajstić information content (AvgIpc) is 3.10. The van der Waals surface area contributed by atoms with Crippen molar-refractivity contribution in [3.05, 3.63) is 85.0 Å². The maximum absolute atomic E-state index is 12.7. The largest absolute Gasteiger partial charge is 1.00 e. The number of ether oxygens (including phenoxy) is 1. The Morgan fingerprint density at radius 2 is 1.83 bits per heavy atom. The van der Waals surface area contributed by atoms with Gasteiger partial charge in [-0.1, -0.05) is 23.5 Å². The van der Waals surface area contributed by atoms with Crippen LogP contribution >= 0.6 is 11.3 Å². The summed E-state index contributed by atoms with van der Waals surface area (Å²) >= 11 is 1.14. The van der Waals surface area contributed by atoms with E-state index in [2.05, 4.69) is 41.5 Å². The van der Waals surface area contributed by atoms with E-state index in [-0.39, 0.29) is 44.1 Å². The molecule has 4 nitrogen and oxygen atoms in total. The van der Waals surface area contributed by atoms with E-state index in [4.69, 9.17) is 4.74 Å². The first-order valence-corrected chi connectivity index (χ1v) is 11.7. The lowest BCUT2D eigenvalue weighted by molar-refractivity contribution is -0.597. The van der Waals surface area contributed by atoms with Crippen molar-refractivity contribution in [2.45, 2.75) is 6.92 Å². The number of halogens is 2. The van der Waals surface area contributed by atoms with Gasteiger partial charge in [-0.2, -0.15) is 0 Å². The van der Waals surface area contributed by atoms with E-state index in [9.17, 15) is 4.79 Å². The number of nitrogens with one attached hydrogen (secondary N) is 1. The zero-order valence-electron chi connectivity index (χ0n) is 15.8. The third-order valence-corrected chi connectivity index (χ3v) is 7.69. The fraction of sp³-hybridized carbons (Fsp3) is 0.0909. The molecular weight excluding hydrogens is 563 g/mol. The van der Waals surface area contributed by atoms with Crippen molar-refractivity contribution >= 4 is 32.6 Å². The molecule has 0 radical (unpaired) electrons. The Kier molecular flexibility index (Phi) is 7.26. The third-order valence-electron chi connectivity index (χ3n) is 4.12. The second kappa shape index (κ2) is 9.69. The van der Waals surface area contributed by atoms with E-state index in [1.165, 1.54) is 24.0 Å². The second-order valence-electron chi connectivity index (χ2n) is 6.21. The Balaban J connectivity index is 0.00000240. The maximum Gasteiger partial charge on any atom is 0.357 e. The van der Waals surface area contributed by atoms with Crippen molar-refractivity contribution in [3.8, 4) is 5.75 Å². The van der Waals surface area contributed by atoms with E-state index >= 15 is 0 Å². The Labute approximate surface area is 194 Å². The van der Waals surface area contributed by atoms with E-state index < -0.39 is 0 Å².